The molecule has 0 saturated heterocycles. The fraction of sp³-hybridized carbons (Fsp3) is 0.200. The second kappa shape index (κ2) is 6.37. The summed E-state index contributed by atoms with van der Waals surface area (Å²) in [6.45, 7) is 2.46. The lowest BCUT2D eigenvalue weighted by atomic mass is 10.3. The number of furan rings is 1. The highest BCUT2D eigenvalue weighted by atomic mass is 32.2. The van der Waals surface area contributed by atoms with Crippen LogP contribution < -0.4 is 0 Å². The van der Waals surface area contributed by atoms with Crippen molar-refractivity contribution in [1.29, 1.82) is 0 Å². The predicted molar refractivity (Wildman–Crippen MR) is 88.5 cm³/mol. The van der Waals surface area contributed by atoms with Crippen molar-refractivity contribution >= 4 is 32.7 Å². The number of nitrogens with zero attached hydrogens (tertiary/aromatic N) is 1. The summed E-state index contributed by atoms with van der Waals surface area (Å²) in [5.74, 6) is 0.632. The Labute approximate surface area is 137 Å². The number of aryl methyl sites for hydroxylation is 1. The van der Waals surface area contributed by atoms with Crippen LogP contribution in [0.25, 0.3) is 0 Å². The second-order valence-electron chi connectivity index (χ2n) is 4.85. The zero-order valence-electron chi connectivity index (χ0n) is 11.9. The molecule has 7 heteroatoms. The van der Waals surface area contributed by atoms with Crippen molar-refractivity contribution in [3.05, 3.63) is 63.6 Å². The Hall–Kier alpha value is -1.41. The van der Waals surface area contributed by atoms with Crippen molar-refractivity contribution < 1.29 is 12.8 Å². The number of sulfonamides is 1. The largest absolute Gasteiger partial charge is 0.468 e. The highest BCUT2D eigenvalue weighted by Gasteiger charge is 2.27. The van der Waals surface area contributed by atoms with Gasteiger partial charge >= 0.3 is 0 Å². The molecule has 0 radical (unpaired) electrons. The van der Waals surface area contributed by atoms with E-state index in [0.29, 0.717) is 16.5 Å². The molecular formula is C15H15NO3S3. The van der Waals surface area contributed by atoms with Gasteiger partial charge in [0.2, 0.25) is 0 Å². The van der Waals surface area contributed by atoms with Crippen LogP contribution in [0.2, 0.25) is 0 Å². The average molecular weight is 353 g/mol. The lowest BCUT2D eigenvalue weighted by molar-refractivity contribution is 0.359. The first-order valence-electron chi connectivity index (χ1n) is 6.66. The fourth-order valence-corrected chi connectivity index (χ4v) is 5.56. The van der Waals surface area contributed by atoms with Gasteiger partial charge in [-0.3, -0.25) is 0 Å². The third kappa shape index (κ3) is 3.33. The molecule has 3 heterocycles. The first kappa shape index (κ1) is 15.5. The zero-order chi connectivity index (χ0) is 15.6. The molecular weight excluding hydrogens is 338 g/mol. The first-order valence-corrected chi connectivity index (χ1v) is 9.86. The molecule has 0 aliphatic rings. The van der Waals surface area contributed by atoms with Gasteiger partial charge < -0.3 is 4.42 Å². The Kier molecular flexibility index (Phi) is 4.49. The minimum atomic E-state index is -3.54. The zero-order valence-corrected chi connectivity index (χ0v) is 14.4. The molecule has 22 heavy (non-hydrogen) atoms. The molecule has 3 rings (SSSR count). The molecule has 0 aliphatic heterocycles. The third-order valence-corrected chi connectivity index (χ3v) is 7.15. The van der Waals surface area contributed by atoms with E-state index < -0.39 is 10.0 Å². The Bertz CT molecular complexity index is 781. The van der Waals surface area contributed by atoms with E-state index in [1.54, 1.807) is 35.8 Å². The van der Waals surface area contributed by atoms with E-state index in [0.717, 1.165) is 10.4 Å². The molecule has 116 valence electrons. The third-order valence-electron chi connectivity index (χ3n) is 3.16. The Balaban J connectivity index is 1.93. The van der Waals surface area contributed by atoms with Gasteiger partial charge in [-0.25, -0.2) is 8.42 Å². The summed E-state index contributed by atoms with van der Waals surface area (Å²) in [7, 11) is -3.54. The standard InChI is InChI=1S/C15H15NO3S3/c1-12-4-5-15(21-12)22(17,18)16(9-13-6-8-20-11-13)10-14-3-2-7-19-14/h2-8,11H,9-10H2,1H3. The van der Waals surface area contributed by atoms with E-state index in [1.807, 2.05) is 29.8 Å². The van der Waals surface area contributed by atoms with Crippen molar-refractivity contribution in [3.63, 3.8) is 0 Å². The molecule has 3 aromatic heterocycles. The van der Waals surface area contributed by atoms with Crippen molar-refractivity contribution in [2.75, 3.05) is 0 Å². The van der Waals surface area contributed by atoms with Crippen LogP contribution >= 0.6 is 22.7 Å². The van der Waals surface area contributed by atoms with Crippen LogP contribution in [0, 0.1) is 6.92 Å². The number of rotatable bonds is 6. The van der Waals surface area contributed by atoms with Crippen LogP contribution in [0.3, 0.4) is 0 Å². The molecule has 0 atom stereocenters. The Morgan fingerprint density at radius 3 is 2.64 bits per heavy atom. The number of hydrogen-bond donors (Lipinski definition) is 0. The molecule has 0 fully saturated rings. The molecule has 0 spiro atoms. The molecule has 0 amide bonds. The predicted octanol–water partition coefficient (Wildman–Crippen LogP) is 4.10. The highest BCUT2D eigenvalue weighted by molar-refractivity contribution is 7.91. The van der Waals surface area contributed by atoms with Crippen LogP contribution in [-0.4, -0.2) is 12.7 Å². The summed E-state index contributed by atoms with van der Waals surface area (Å²) >= 11 is 2.85. The van der Waals surface area contributed by atoms with Crippen molar-refractivity contribution in [2.24, 2.45) is 0 Å². The van der Waals surface area contributed by atoms with Crippen molar-refractivity contribution in [1.82, 2.24) is 4.31 Å². The monoisotopic (exact) mass is 353 g/mol. The minimum Gasteiger partial charge on any atom is -0.468 e. The van der Waals surface area contributed by atoms with E-state index in [1.165, 1.54) is 15.6 Å². The van der Waals surface area contributed by atoms with Crippen molar-refractivity contribution in [2.45, 2.75) is 24.2 Å². The van der Waals surface area contributed by atoms with Crippen LogP contribution in [0.1, 0.15) is 16.2 Å². The number of hydrogen-bond acceptors (Lipinski definition) is 5. The highest BCUT2D eigenvalue weighted by Crippen LogP contribution is 2.27. The molecule has 0 N–H and O–H groups in total. The Morgan fingerprint density at radius 2 is 2.05 bits per heavy atom. The minimum absolute atomic E-state index is 0.224. The topological polar surface area (TPSA) is 50.5 Å². The van der Waals surface area contributed by atoms with Gasteiger partial charge in [0, 0.05) is 11.4 Å². The smallest absolute Gasteiger partial charge is 0.253 e. The van der Waals surface area contributed by atoms with Gasteiger partial charge in [-0.1, -0.05) is 0 Å². The molecule has 0 aliphatic carbocycles. The van der Waals surface area contributed by atoms with Gasteiger partial charge in [0.15, 0.2) is 0 Å². The normalized spacial score (nSPS) is 12.1. The summed E-state index contributed by atoms with van der Waals surface area (Å²) in [4.78, 5) is 0.979. The first-order chi connectivity index (χ1) is 10.6. The van der Waals surface area contributed by atoms with Crippen LogP contribution in [0.15, 0.2) is 56.0 Å². The lowest BCUT2D eigenvalue weighted by Crippen LogP contribution is -2.29. The second-order valence-corrected chi connectivity index (χ2v) is 9.08. The van der Waals surface area contributed by atoms with Gasteiger partial charge in [-0.2, -0.15) is 15.6 Å². The van der Waals surface area contributed by atoms with Gasteiger partial charge in [-0.05, 0) is 53.6 Å². The van der Waals surface area contributed by atoms with Gasteiger partial charge in [0.05, 0.1) is 12.8 Å². The van der Waals surface area contributed by atoms with Crippen LogP contribution in [0.4, 0.5) is 0 Å². The molecule has 4 nitrogen and oxygen atoms in total. The summed E-state index contributed by atoms with van der Waals surface area (Å²) in [6, 6.07) is 8.98. The lowest BCUT2D eigenvalue weighted by Gasteiger charge is -2.19. The molecule has 0 unspecified atom stereocenters. The Morgan fingerprint density at radius 1 is 1.18 bits per heavy atom. The van der Waals surface area contributed by atoms with E-state index >= 15 is 0 Å². The molecule has 3 aromatic rings. The fourth-order valence-electron chi connectivity index (χ4n) is 2.07. The van der Waals surface area contributed by atoms with Crippen molar-refractivity contribution in [3.8, 4) is 0 Å². The SMILES string of the molecule is Cc1ccc(S(=O)(=O)N(Cc2ccsc2)Cc2ccco2)s1. The van der Waals surface area contributed by atoms with E-state index in [9.17, 15) is 8.42 Å². The van der Waals surface area contributed by atoms with Crippen LogP contribution in [0.5, 0.6) is 0 Å². The number of thiophene rings is 2. The molecule has 0 aromatic carbocycles. The van der Waals surface area contributed by atoms with E-state index in [-0.39, 0.29) is 6.54 Å². The maximum atomic E-state index is 12.9. The maximum Gasteiger partial charge on any atom is 0.253 e. The van der Waals surface area contributed by atoms with E-state index in [4.69, 9.17) is 4.42 Å². The van der Waals surface area contributed by atoms with Gasteiger partial charge in [-0.15, -0.1) is 11.3 Å². The van der Waals surface area contributed by atoms with Gasteiger partial charge in [0.25, 0.3) is 10.0 Å². The quantitative estimate of drug-likeness (QED) is 0.670. The summed E-state index contributed by atoms with van der Waals surface area (Å²) in [6.07, 6.45) is 1.56. The average Bonchev–Trinajstić information content (AvgIpc) is 3.19. The summed E-state index contributed by atoms with van der Waals surface area (Å²) in [5.41, 5.74) is 0.980. The molecule has 0 bridgehead atoms. The maximum absolute atomic E-state index is 12.9. The van der Waals surface area contributed by atoms with Gasteiger partial charge in [0.1, 0.15) is 9.97 Å². The summed E-state index contributed by atoms with van der Waals surface area (Å²) in [5, 5.41) is 3.91. The van der Waals surface area contributed by atoms with E-state index in [2.05, 4.69) is 0 Å². The van der Waals surface area contributed by atoms with Crippen LogP contribution in [-0.2, 0) is 23.1 Å². The molecule has 0 saturated carbocycles. The summed E-state index contributed by atoms with van der Waals surface area (Å²) < 4.78 is 32.9.